The Hall–Kier alpha value is -2.22. The number of carbonyl (C=O) groups excluding carboxylic acids is 1. The second-order valence-electron chi connectivity index (χ2n) is 8.33. The Morgan fingerprint density at radius 2 is 1.44 bits per heavy atom. The molecule has 0 aliphatic heterocycles. The standard InChI is InChI=1S/C25H36N2O4S/c1-4-5-6-7-8-17-26-32(29,30)27-25(28)24-15-11-22(12-16-24)19-31-18-21-9-13-23(14-10-21)20(2)3/h9-16,20,26H,4-8,17-19H2,1-3H3,(H,27,28). The second kappa shape index (κ2) is 13.4. The van der Waals surface area contributed by atoms with E-state index in [1.54, 1.807) is 24.3 Å². The molecule has 176 valence electrons. The monoisotopic (exact) mass is 460 g/mol. The van der Waals surface area contributed by atoms with Crippen molar-refractivity contribution in [3.63, 3.8) is 0 Å². The predicted octanol–water partition coefficient (Wildman–Crippen LogP) is 5.06. The maximum absolute atomic E-state index is 12.3. The van der Waals surface area contributed by atoms with E-state index in [1.807, 2.05) is 0 Å². The van der Waals surface area contributed by atoms with Gasteiger partial charge in [0.1, 0.15) is 0 Å². The Morgan fingerprint density at radius 3 is 2.00 bits per heavy atom. The van der Waals surface area contributed by atoms with Crippen molar-refractivity contribution in [1.29, 1.82) is 0 Å². The topological polar surface area (TPSA) is 84.5 Å². The molecule has 6 nitrogen and oxygen atoms in total. The number of carbonyl (C=O) groups is 1. The number of ether oxygens (including phenoxy) is 1. The van der Waals surface area contributed by atoms with Gasteiger partial charge in [0.25, 0.3) is 5.91 Å². The summed E-state index contributed by atoms with van der Waals surface area (Å²) in [6, 6.07) is 15.1. The Balaban J connectivity index is 1.75. The first-order chi connectivity index (χ1) is 15.3. The summed E-state index contributed by atoms with van der Waals surface area (Å²) in [7, 11) is -3.86. The van der Waals surface area contributed by atoms with Crippen molar-refractivity contribution in [1.82, 2.24) is 9.44 Å². The van der Waals surface area contributed by atoms with E-state index in [1.165, 1.54) is 5.56 Å². The summed E-state index contributed by atoms with van der Waals surface area (Å²) in [4.78, 5) is 12.3. The first kappa shape index (κ1) is 26.0. The fourth-order valence-electron chi connectivity index (χ4n) is 3.19. The minimum atomic E-state index is -3.86. The van der Waals surface area contributed by atoms with Gasteiger partial charge in [0, 0.05) is 12.1 Å². The van der Waals surface area contributed by atoms with Gasteiger partial charge in [0.2, 0.25) is 0 Å². The van der Waals surface area contributed by atoms with Crippen LogP contribution in [-0.4, -0.2) is 20.9 Å². The number of benzene rings is 2. The molecule has 2 aromatic rings. The Bertz CT molecular complexity index is 923. The van der Waals surface area contributed by atoms with Gasteiger partial charge in [-0.3, -0.25) is 4.79 Å². The molecule has 0 saturated carbocycles. The predicted molar refractivity (Wildman–Crippen MR) is 129 cm³/mol. The summed E-state index contributed by atoms with van der Waals surface area (Å²) in [6.45, 7) is 7.69. The molecular formula is C25H36N2O4S. The number of hydrogen-bond donors (Lipinski definition) is 2. The number of rotatable bonds is 14. The first-order valence-electron chi connectivity index (χ1n) is 11.4. The van der Waals surface area contributed by atoms with Crippen LogP contribution in [0, 0.1) is 0 Å². The molecule has 2 rings (SSSR count). The summed E-state index contributed by atoms with van der Waals surface area (Å²) < 4.78 is 34.3. The summed E-state index contributed by atoms with van der Waals surface area (Å²) >= 11 is 0. The van der Waals surface area contributed by atoms with E-state index < -0.39 is 16.1 Å². The molecule has 0 aliphatic rings. The van der Waals surface area contributed by atoms with Crippen LogP contribution in [0.25, 0.3) is 0 Å². The number of hydrogen-bond acceptors (Lipinski definition) is 4. The molecule has 0 heterocycles. The van der Waals surface area contributed by atoms with Crippen LogP contribution in [0.1, 0.15) is 85.8 Å². The zero-order valence-corrected chi connectivity index (χ0v) is 20.2. The third kappa shape index (κ3) is 9.51. The highest BCUT2D eigenvalue weighted by molar-refractivity contribution is 7.88. The zero-order chi connectivity index (χ0) is 23.4. The van der Waals surface area contributed by atoms with E-state index in [2.05, 4.69) is 54.5 Å². The van der Waals surface area contributed by atoms with E-state index in [0.29, 0.717) is 25.7 Å². The fourth-order valence-corrected chi connectivity index (χ4v) is 4.04. The molecule has 0 atom stereocenters. The van der Waals surface area contributed by atoms with Crippen molar-refractivity contribution in [3.8, 4) is 0 Å². The van der Waals surface area contributed by atoms with Crippen LogP contribution in [0.4, 0.5) is 0 Å². The Labute approximate surface area is 193 Å². The lowest BCUT2D eigenvalue weighted by molar-refractivity contribution is 0.0980. The van der Waals surface area contributed by atoms with Crippen LogP contribution in [0.15, 0.2) is 48.5 Å². The van der Waals surface area contributed by atoms with E-state index in [0.717, 1.165) is 43.2 Å². The molecule has 32 heavy (non-hydrogen) atoms. The largest absolute Gasteiger partial charge is 0.372 e. The van der Waals surface area contributed by atoms with Crippen molar-refractivity contribution < 1.29 is 17.9 Å². The van der Waals surface area contributed by atoms with Crippen LogP contribution < -0.4 is 9.44 Å². The van der Waals surface area contributed by atoms with Crippen molar-refractivity contribution in [2.45, 2.75) is 72.0 Å². The van der Waals surface area contributed by atoms with Gasteiger partial charge in [-0.25, -0.2) is 4.72 Å². The van der Waals surface area contributed by atoms with Crippen LogP contribution in [0.5, 0.6) is 0 Å². The Morgan fingerprint density at radius 1 is 0.875 bits per heavy atom. The lowest BCUT2D eigenvalue weighted by Gasteiger charge is -2.10. The van der Waals surface area contributed by atoms with Crippen molar-refractivity contribution >= 4 is 16.1 Å². The average Bonchev–Trinajstić information content (AvgIpc) is 2.76. The lowest BCUT2D eigenvalue weighted by atomic mass is 10.0. The smallest absolute Gasteiger partial charge is 0.301 e. The Kier molecular flexibility index (Phi) is 10.9. The van der Waals surface area contributed by atoms with Gasteiger partial charge < -0.3 is 4.74 Å². The maximum Gasteiger partial charge on any atom is 0.301 e. The van der Waals surface area contributed by atoms with Crippen LogP contribution >= 0.6 is 0 Å². The highest BCUT2D eigenvalue weighted by atomic mass is 32.2. The van der Waals surface area contributed by atoms with Gasteiger partial charge in [-0.05, 0) is 41.2 Å². The van der Waals surface area contributed by atoms with Crippen LogP contribution in [-0.2, 0) is 28.2 Å². The molecule has 0 aromatic heterocycles. The number of unbranched alkanes of at least 4 members (excludes halogenated alkanes) is 4. The zero-order valence-electron chi connectivity index (χ0n) is 19.4. The van der Waals surface area contributed by atoms with Crippen LogP contribution in [0.3, 0.4) is 0 Å². The quantitative estimate of drug-likeness (QED) is 0.386. The van der Waals surface area contributed by atoms with Crippen molar-refractivity contribution in [3.05, 3.63) is 70.8 Å². The molecule has 2 aromatic carbocycles. The molecule has 0 radical (unpaired) electrons. The number of amides is 1. The molecule has 0 bridgehead atoms. The fraction of sp³-hybridized carbons (Fsp3) is 0.480. The summed E-state index contributed by atoms with van der Waals surface area (Å²) in [5, 5.41) is 0. The minimum Gasteiger partial charge on any atom is -0.372 e. The van der Waals surface area contributed by atoms with Gasteiger partial charge in [-0.2, -0.15) is 13.1 Å². The highest BCUT2D eigenvalue weighted by Gasteiger charge is 2.15. The van der Waals surface area contributed by atoms with E-state index in [-0.39, 0.29) is 5.56 Å². The van der Waals surface area contributed by atoms with Gasteiger partial charge in [-0.1, -0.05) is 82.9 Å². The van der Waals surface area contributed by atoms with E-state index in [9.17, 15) is 13.2 Å². The van der Waals surface area contributed by atoms with Gasteiger partial charge in [0.15, 0.2) is 0 Å². The molecule has 0 unspecified atom stereocenters. The molecule has 0 aliphatic carbocycles. The molecular weight excluding hydrogens is 424 g/mol. The summed E-state index contributed by atoms with van der Waals surface area (Å²) in [5.74, 6) is -0.150. The van der Waals surface area contributed by atoms with E-state index >= 15 is 0 Å². The normalized spacial score (nSPS) is 11.6. The third-order valence-electron chi connectivity index (χ3n) is 5.20. The van der Waals surface area contributed by atoms with Crippen molar-refractivity contribution in [2.75, 3.05) is 6.54 Å². The molecule has 1 amide bonds. The van der Waals surface area contributed by atoms with Gasteiger partial charge in [-0.15, -0.1) is 0 Å². The summed E-state index contributed by atoms with van der Waals surface area (Å²) in [5.41, 5.74) is 3.60. The van der Waals surface area contributed by atoms with Gasteiger partial charge in [0.05, 0.1) is 13.2 Å². The molecule has 2 N–H and O–H groups in total. The molecule has 0 fully saturated rings. The average molecular weight is 461 g/mol. The van der Waals surface area contributed by atoms with E-state index in [4.69, 9.17) is 4.74 Å². The molecule has 0 spiro atoms. The number of nitrogens with one attached hydrogen (secondary N) is 2. The maximum atomic E-state index is 12.3. The first-order valence-corrected chi connectivity index (χ1v) is 12.9. The lowest BCUT2D eigenvalue weighted by Crippen LogP contribution is -2.40. The molecule has 0 saturated heterocycles. The van der Waals surface area contributed by atoms with Crippen molar-refractivity contribution in [2.24, 2.45) is 0 Å². The second-order valence-corrected chi connectivity index (χ2v) is 9.83. The molecule has 7 heteroatoms. The summed E-state index contributed by atoms with van der Waals surface area (Å²) in [6.07, 6.45) is 5.10. The minimum absolute atomic E-state index is 0.284. The van der Waals surface area contributed by atoms with Gasteiger partial charge >= 0.3 is 10.2 Å². The van der Waals surface area contributed by atoms with Crippen LogP contribution in [0.2, 0.25) is 0 Å². The third-order valence-corrected chi connectivity index (χ3v) is 6.24. The SMILES string of the molecule is CCCCCCCNS(=O)(=O)NC(=O)c1ccc(COCc2ccc(C(C)C)cc2)cc1. The highest BCUT2D eigenvalue weighted by Crippen LogP contribution is 2.15.